The Hall–Kier alpha value is -2.54. The summed E-state index contributed by atoms with van der Waals surface area (Å²) in [5, 5.41) is 3.01. The third-order valence-electron chi connectivity index (χ3n) is 4.93. The fourth-order valence-corrected chi connectivity index (χ4v) is 4.37. The van der Waals surface area contributed by atoms with Gasteiger partial charge in [0.25, 0.3) is 5.91 Å². The van der Waals surface area contributed by atoms with E-state index in [0.29, 0.717) is 11.4 Å². The van der Waals surface area contributed by atoms with Crippen LogP contribution in [0.5, 0.6) is 5.75 Å². The Morgan fingerprint density at radius 3 is 2.50 bits per heavy atom. The van der Waals surface area contributed by atoms with E-state index in [4.69, 9.17) is 4.74 Å². The summed E-state index contributed by atoms with van der Waals surface area (Å²) in [6.45, 7) is 5.56. The highest BCUT2D eigenvalue weighted by molar-refractivity contribution is 7.92. The van der Waals surface area contributed by atoms with Gasteiger partial charge in [-0.15, -0.1) is 0 Å². The summed E-state index contributed by atoms with van der Waals surface area (Å²) in [7, 11) is -3.52. The molecule has 1 aliphatic heterocycles. The molecule has 6 nitrogen and oxygen atoms in total. The third-order valence-corrected chi connectivity index (χ3v) is 6.68. The number of sulfonamides is 1. The standard InChI is InChI=1S/C21H26N2O4S/c1-4-17(16-12-10-15(3)11-13-16)22-21(24)20-14-23(28(25,26)5-2)18-8-6-7-9-19(18)27-20/h6-13,17,20H,4-5,14H2,1-3H3,(H,22,24)/t17-,20+/m1/s1. The number of nitrogens with one attached hydrogen (secondary N) is 1. The summed E-state index contributed by atoms with van der Waals surface area (Å²) < 4.78 is 32.2. The second kappa shape index (κ2) is 8.22. The Morgan fingerprint density at radius 2 is 1.86 bits per heavy atom. The lowest BCUT2D eigenvalue weighted by Crippen LogP contribution is -2.51. The Bertz CT molecular complexity index is 941. The predicted molar refractivity (Wildman–Crippen MR) is 110 cm³/mol. The van der Waals surface area contributed by atoms with Crippen LogP contribution in [0, 0.1) is 6.92 Å². The number of carbonyl (C=O) groups excluding carboxylic acids is 1. The SMILES string of the molecule is CC[C@@H](NC(=O)[C@@H]1CN(S(=O)(=O)CC)c2ccccc2O1)c1ccc(C)cc1. The molecule has 0 saturated heterocycles. The molecule has 1 amide bonds. The first kappa shape index (κ1) is 20.2. The lowest BCUT2D eigenvalue weighted by atomic mass is 10.0. The summed E-state index contributed by atoms with van der Waals surface area (Å²) in [5.74, 6) is 0.0314. The molecule has 1 N–H and O–H groups in total. The molecule has 0 saturated carbocycles. The lowest BCUT2D eigenvalue weighted by Gasteiger charge is -2.35. The lowest BCUT2D eigenvalue weighted by molar-refractivity contribution is -0.128. The monoisotopic (exact) mass is 402 g/mol. The van der Waals surface area contributed by atoms with Crippen LogP contribution in [-0.2, 0) is 14.8 Å². The molecule has 7 heteroatoms. The van der Waals surface area contributed by atoms with Crippen LogP contribution in [0.3, 0.4) is 0 Å². The van der Waals surface area contributed by atoms with Gasteiger partial charge < -0.3 is 10.1 Å². The summed E-state index contributed by atoms with van der Waals surface area (Å²) in [6, 6.07) is 14.7. The molecule has 0 aliphatic carbocycles. The number of para-hydroxylation sites is 2. The van der Waals surface area contributed by atoms with Crippen LogP contribution in [0.15, 0.2) is 48.5 Å². The number of benzene rings is 2. The van der Waals surface area contributed by atoms with Crippen LogP contribution in [0.2, 0.25) is 0 Å². The van der Waals surface area contributed by atoms with Gasteiger partial charge in [-0.2, -0.15) is 0 Å². The van der Waals surface area contributed by atoms with E-state index in [2.05, 4.69) is 5.32 Å². The Kier molecular flexibility index (Phi) is 5.93. The highest BCUT2D eigenvalue weighted by atomic mass is 32.2. The molecule has 2 aromatic carbocycles. The van der Waals surface area contributed by atoms with Crippen LogP contribution in [-0.4, -0.2) is 32.7 Å². The van der Waals surface area contributed by atoms with Crippen molar-refractivity contribution in [2.24, 2.45) is 0 Å². The maximum atomic E-state index is 12.9. The second-order valence-electron chi connectivity index (χ2n) is 6.89. The van der Waals surface area contributed by atoms with E-state index in [1.54, 1.807) is 31.2 Å². The number of hydrogen-bond acceptors (Lipinski definition) is 4. The van der Waals surface area contributed by atoms with Crippen molar-refractivity contribution in [2.75, 3.05) is 16.6 Å². The molecular weight excluding hydrogens is 376 g/mol. The minimum atomic E-state index is -3.52. The van der Waals surface area contributed by atoms with Crippen LogP contribution >= 0.6 is 0 Å². The van der Waals surface area contributed by atoms with Gasteiger partial charge in [-0.1, -0.05) is 48.9 Å². The fraction of sp³-hybridized carbons (Fsp3) is 0.381. The van der Waals surface area contributed by atoms with Crippen LogP contribution in [0.1, 0.15) is 37.4 Å². The van der Waals surface area contributed by atoms with Crippen LogP contribution in [0.4, 0.5) is 5.69 Å². The minimum Gasteiger partial charge on any atom is -0.476 e. The van der Waals surface area contributed by atoms with Crippen LogP contribution < -0.4 is 14.4 Å². The van der Waals surface area contributed by atoms with Crippen molar-refractivity contribution in [1.29, 1.82) is 0 Å². The average molecular weight is 403 g/mol. The number of fused-ring (bicyclic) bond motifs is 1. The predicted octanol–water partition coefficient (Wildman–Crippen LogP) is 3.18. The molecule has 28 heavy (non-hydrogen) atoms. The molecule has 3 rings (SSSR count). The molecule has 0 unspecified atom stereocenters. The normalized spacial score (nSPS) is 17.4. The number of amides is 1. The zero-order valence-electron chi connectivity index (χ0n) is 16.4. The van der Waals surface area contributed by atoms with E-state index < -0.39 is 16.1 Å². The van der Waals surface area contributed by atoms with Crippen molar-refractivity contribution < 1.29 is 17.9 Å². The first-order chi connectivity index (χ1) is 13.4. The Morgan fingerprint density at radius 1 is 1.18 bits per heavy atom. The molecule has 0 spiro atoms. The molecule has 0 bridgehead atoms. The average Bonchev–Trinajstić information content (AvgIpc) is 2.71. The van der Waals surface area contributed by atoms with E-state index in [9.17, 15) is 13.2 Å². The molecular formula is C21H26N2O4S. The first-order valence-electron chi connectivity index (χ1n) is 9.48. The molecule has 150 valence electrons. The van der Waals surface area contributed by atoms with Gasteiger partial charge in [0.15, 0.2) is 6.10 Å². The molecule has 0 radical (unpaired) electrons. The van der Waals surface area contributed by atoms with Gasteiger partial charge in [-0.25, -0.2) is 8.42 Å². The number of carbonyl (C=O) groups is 1. The zero-order valence-corrected chi connectivity index (χ0v) is 17.2. The quantitative estimate of drug-likeness (QED) is 0.805. The number of aryl methyl sites for hydroxylation is 1. The van der Waals surface area contributed by atoms with E-state index in [1.807, 2.05) is 38.1 Å². The number of anilines is 1. The number of ether oxygens (including phenoxy) is 1. The molecule has 2 aromatic rings. The van der Waals surface area contributed by atoms with Crippen molar-refractivity contribution in [3.8, 4) is 5.75 Å². The summed E-state index contributed by atoms with van der Waals surface area (Å²) in [4.78, 5) is 12.9. The molecule has 2 atom stereocenters. The topological polar surface area (TPSA) is 75.7 Å². The summed E-state index contributed by atoms with van der Waals surface area (Å²) in [5.41, 5.74) is 2.63. The van der Waals surface area contributed by atoms with Crippen molar-refractivity contribution in [1.82, 2.24) is 5.32 Å². The zero-order chi connectivity index (χ0) is 20.3. The van der Waals surface area contributed by atoms with E-state index >= 15 is 0 Å². The molecule has 0 fully saturated rings. The second-order valence-corrected chi connectivity index (χ2v) is 9.07. The van der Waals surface area contributed by atoms with Gasteiger partial charge in [-0.3, -0.25) is 9.10 Å². The van der Waals surface area contributed by atoms with Gasteiger partial charge in [-0.05, 0) is 38.0 Å². The van der Waals surface area contributed by atoms with Crippen molar-refractivity contribution in [3.05, 3.63) is 59.7 Å². The maximum Gasteiger partial charge on any atom is 0.263 e. The fourth-order valence-electron chi connectivity index (χ4n) is 3.24. The summed E-state index contributed by atoms with van der Waals surface area (Å²) in [6.07, 6.45) is -0.189. The van der Waals surface area contributed by atoms with Crippen molar-refractivity contribution >= 4 is 21.6 Å². The first-order valence-corrected chi connectivity index (χ1v) is 11.1. The largest absolute Gasteiger partial charge is 0.476 e. The Labute approximate surface area is 166 Å². The van der Waals surface area contributed by atoms with E-state index in [0.717, 1.165) is 17.5 Å². The van der Waals surface area contributed by atoms with E-state index in [1.165, 1.54) is 4.31 Å². The Balaban J connectivity index is 1.83. The van der Waals surface area contributed by atoms with Gasteiger partial charge in [0.1, 0.15) is 5.75 Å². The van der Waals surface area contributed by atoms with Crippen LogP contribution in [0.25, 0.3) is 0 Å². The minimum absolute atomic E-state index is 0.0383. The van der Waals surface area contributed by atoms with Crippen molar-refractivity contribution in [3.63, 3.8) is 0 Å². The van der Waals surface area contributed by atoms with Gasteiger partial charge >= 0.3 is 0 Å². The highest BCUT2D eigenvalue weighted by Gasteiger charge is 2.36. The molecule has 0 aromatic heterocycles. The molecule has 1 aliphatic rings. The number of nitrogens with zero attached hydrogens (tertiary/aromatic N) is 1. The van der Waals surface area contributed by atoms with Crippen molar-refractivity contribution in [2.45, 2.75) is 39.3 Å². The molecule has 1 heterocycles. The number of rotatable bonds is 6. The van der Waals surface area contributed by atoms with Gasteiger partial charge in [0, 0.05) is 0 Å². The summed E-state index contributed by atoms with van der Waals surface area (Å²) >= 11 is 0. The van der Waals surface area contributed by atoms with Gasteiger partial charge in [0.2, 0.25) is 10.0 Å². The maximum absolute atomic E-state index is 12.9. The number of hydrogen-bond donors (Lipinski definition) is 1. The van der Waals surface area contributed by atoms with Gasteiger partial charge in [0.05, 0.1) is 24.0 Å². The third kappa shape index (κ3) is 4.14. The highest BCUT2D eigenvalue weighted by Crippen LogP contribution is 2.35. The van der Waals surface area contributed by atoms with E-state index in [-0.39, 0.29) is 24.2 Å². The smallest absolute Gasteiger partial charge is 0.263 e.